The molecule has 1 rings (SSSR count). The first-order valence-electron chi connectivity index (χ1n) is 10.1. The molecule has 0 aromatic heterocycles. The molecule has 0 radical (unpaired) electrons. The van der Waals surface area contributed by atoms with Crippen LogP contribution in [0.25, 0.3) is 0 Å². The van der Waals surface area contributed by atoms with Crippen molar-refractivity contribution in [3.05, 3.63) is 35.9 Å². The Hall–Kier alpha value is -2.94. The van der Waals surface area contributed by atoms with Gasteiger partial charge in [0.15, 0.2) is 0 Å². The lowest BCUT2D eigenvalue weighted by Gasteiger charge is -2.33. The van der Waals surface area contributed by atoms with Gasteiger partial charge in [-0.15, -0.1) is 0 Å². The Morgan fingerprint density at radius 1 is 0.903 bits per heavy atom. The van der Waals surface area contributed by atoms with Gasteiger partial charge < -0.3 is 24.7 Å². The van der Waals surface area contributed by atoms with E-state index in [1.165, 1.54) is 26.0 Å². The Labute approximate surface area is 182 Å². The molecule has 0 fully saturated rings. The van der Waals surface area contributed by atoms with Gasteiger partial charge in [0.1, 0.15) is 5.60 Å². The van der Waals surface area contributed by atoms with Gasteiger partial charge in [-0.1, -0.05) is 18.2 Å². The number of carbonyl (C=O) groups is 4. The molecular weight excluding hydrogens is 406 g/mol. The Morgan fingerprint density at radius 3 is 1.87 bits per heavy atom. The SMILES string of the molecule is CCOC(=O)C(OC(=O)c1ccccc1)(C(=O)OCC)C(N)CCC(=O)OC(C)(C)C. The number of hydrogen-bond donors (Lipinski definition) is 1. The van der Waals surface area contributed by atoms with Crippen molar-refractivity contribution in [3.8, 4) is 0 Å². The molecule has 0 aliphatic heterocycles. The number of nitrogens with two attached hydrogens (primary N) is 1. The van der Waals surface area contributed by atoms with Crippen molar-refractivity contribution in [1.82, 2.24) is 0 Å². The molecule has 0 saturated carbocycles. The Morgan fingerprint density at radius 2 is 1.42 bits per heavy atom. The maximum Gasteiger partial charge on any atom is 0.364 e. The van der Waals surface area contributed by atoms with E-state index >= 15 is 0 Å². The van der Waals surface area contributed by atoms with Crippen molar-refractivity contribution < 1.29 is 38.1 Å². The highest BCUT2D eigenvalue weighted by molar-refractivity contribution is 6.07. The van der Waals surface area contributed by atoms with E-state index in [1.807, 2.05) is 0 Å². The fraction of sp³-hybridized carbons (Fsp3) is 0.545. The van der Waals surface area contributed by atoms with Crippen LogP contribution in [0.3, 0.4) is 0 Å². The number of ether oxygens (including phenoxy) is 4. The van der Waals surface area contributed by atoms with E-state index in [0.29, 0.717) is 0 Å². The van der Waals surface area contributed by atoms with E-state index in [0.717, 1.165) is 0 Å². The standard InChI is InChI=1S/C22H31NO8/c1-6-28-19(26)22(20(27)29-7-2,31-18(25)15-11-9-8-10-12-15)16(23)13-14-17(24)30-21(3,4)5/h8-12,16H,6-7,13-14,23H2,1-5H3. The number of esters is 4. The zero-order valence-corrected chi connectivity index (χ0v) is 18.6. The van der Waals surface area contributed by atoms with Crippen LogP contribution in [0.4, 0.5) is 0 Å². The van der Waals surface area contributed by atoms with Gasteiger partial charge in [0.2, 0.25) is 0 Å². The summed E-state index contributed by atoms with van der Waals surface area (Å²) in [6.45, 7) is 7.97. The van der Waals surface area contributed by atoms with Crippen molar-refractivity contribution in [3.63, 3.8) is 0 Å². The first-order valence-corrected chi connectivity index (χ1v) is 10.1. The highest BCUT2D eigenvalue weighted by Gasteiger charge is 2.58. The van der Waals surface area contributed by atoms with Gasteiger partial charge in [-0.05, 0) is 53.2 Å². The van der Waals surface area contributed by atoms with Crippen LogP contribution in [-0.2, 0) is 33.3 Å². The molecule has 1 unspecified atom stereocenters. The van der Waals surface area contributed by atoms with E-state index < -0.39 is 41.1 Å². The molecule has 0 amide bonds. The topological polar surface area (TPSA) is 131 Å². The molecule has 1 atom stereocenters. The van der Waals surface area contributed by atoms with Gasteiger partial charge in [-0.2, -0.15) is 0 Å². The first kappa shape index (κ1) is 26.1. The number of carbonyl (C=O) groups excluding carboxylic acids is 4. The third-order valence-electron chi connectivity index (χ3n) is 4.02. The summed E-state index contributed by atoms with van der Waals surface area (Å²) in [6.07, 6.45) is -0.420. The summed E-state index contributed by atoms with van der Waals surface area (Å²) in [4.78, 5) is 50.6. The summed E-state index contributed by atoms with van der Waals surface area (Å²) in [6, 6.07) is 6.36. The predicted octanol–water partition coefficient (Wildman–Crippen LogP) is 2.16. The lowest BCUT2D eigenvalue weighted by Crippen LogP contribution is -2.63. The van der Waals surface area contributed by atoms with Crippen LogP contribution in [0.2, 0.25) is 0 Å². The minimum absolute atomic E-state index is 0.0956. The van der Waals surface area contributed by atoms with Gasteiger partial charge >= 0.3 is 29.5 Å². The summed E-state index contributed by atoms with van der Waals surface area (Å²) in [5.74, 6) is -3.89. The van der Waals surface area contributed by atoms with Crippen molar-refractivity contribution in [2.45, 2.75) is 64.7 Å². The molecule has 172 valence electrons. The van der Waals surface area contributed by atoms with Crippen LogP contribution in [0.15, 0.2) is 30.3 Å². The highest BCUT2D eigenvalue weighted by Crippen LogP contribution is 2.26. The van der Waals surface area contributed by atoms with Crippen molar-refractivity contribution >= 4 is 23.9 Å². The van der Waals surface area contributed by atoms with Gasteiger partial charge in [0, 0.05) is 6.42 Å². The maximum absolute atomic E-state index is 12.9. The Bertz CT molecular complexity index is 751. The monoisotopic (exact) mass is 437 g/mol. The van der Waals surface area contributed by atoms with Crippen LogP contribution in [-0.4, -0.2) is 54.3 Å². The largest absolute Gasteiger partial charge is 0.463 e. The lowest BCUT2D eigenvalue weighted by atomic mass is 9.90. The molecule has 0 saturated heterocycles. The van der Waals surface area contributed by atoms with Crippen LogP contribution in [0.5, 0.6) is 0 Å². The van der Waals surface area contributed by atoms with Gasteiger partial charge in [-0.25, -0.2) is 14.4 Å². The molecule has 0 bridgehead atoms. The van der Waals surface area contributed by atoms with Crippen LogP contribution in [0.1, 0.15) is 57.8 Å². The minimum atomic E-state index is -2.58. The molecule has 0 aliphatic carbocycles. The van der Waals surface area contributed by atoms with Crippen LogP contribution < -0.4 is 5.73 Å². The number of hydrogen-bond acceptors (Lipinski definition) is 9. The highest BCUT2D eigenvalue weighted by atomic mass is 16.6. The second-order valence-corrected chi connectivity index (χ2v) is 7.66. The van der Waals surface area contributed by atoms with Gasteiger partial charge in [-0.3, -0.25) is 4.79 Å². The average Bonchev–Trinajstić information content (AvgIpc) is 2.69. The fourth-order valence-corrected chi connectivity index (χ4v) is 2.67. The minimum Gasteiger partial charge on any atom is -0.463 e. The number of benzene rings is 1. The van der Waals surface area contributed by atoms with Crippen LogP contribution >= 0.6 is 0 Å². The predicted molar refractivity (Wildman–Crippen MR) is 111 cm³/mol. The van der Waals surface area contributed by atoms with Crippen molar-refractivity contribution in [2.24, 2.45) is 5.73 Å². The molecule has 0 spiro atoms. The zero-order valence-electron chi connectivity index (χ0n) is 18.6. The van der Waals surface area contributed by atoms with E-state index in [1.54, 1.807) is 39.0 Å². The van der Waals surface area contributed by atoms with Gasteiger partial charge in [0.25, 0.3) is 0 Å². The first-order chi connectivity index (χ1) is 14.5. The second kappa shape index (κ2) is 11.5. The Balaban J connectivity index is 3.27. The maximum atomic E-state index is 12.9. The van der Waals surface area contributed by atoms with Gasteiger partial charge in [0.05, 0.1) is 24.8 Å². The molecule has 2 N–H and O–H groups in total. The quantitative estimate of drug-likeness (QED) is 0.332. The summed E-state index contributed by atoms with van der Waals surface area (Å²) in [7, 11) is 0. The average molecular weight is 437 g/mol. The Kier molecular flexibility index (Phi) is 9.64. The second-order valence-electron chi connectivity index (χ2n) is 7.66. The molecule has 0 aliphatic rings. The zero-order chi connectivity index (χ0) is 23.7. The molecule has 0 heterocycles. The van der Waals surface area contributed by atoms with E-state index in [4.69, 9.17) is 24.7 Å². The van der Waals surface area contributed by atoms with Crippen molar-refractivity contribution in [1.29, 1.82) is 0 Å². The van der Waals surface area contributed by atoms with Crippen molar-refractivity contribution in [2.75, 3.05) is 13.2 Å². The summed E-state index contributed by atoms with van der Waals surface area (Å²) in [5.41, 5.74) is 2.96. The summed E-state index contributed by atoms with van der Waals surface area (Å²) in [5, 5.41) is 0. The van der Waals surface area contributed by atoms with E-state index in [9.17, 15) is 19.2 Å². The molecule has 31 heavy (non-hydrogen) atoms. The lowest BCUT2D eigenvalue weighted by molar-refractivity contribution is -0.187. The third-order valence-corrected chi connectivity index (χ3v) is 4.02. The molecule has 9 nitrogen and oxygen atoms in total. The summed E-state index contributed by atoms with van der Waals surface area (Å²) >= 11 is 0. The fourth-order valence-electron chi connectivity index (χ4n) is 2.67. The van der Waals surface area contributed by atoms with E-state index in [2.05, 4.69) is 0 Å². The summed E-state index contributed by atoms with van der Waals surface area (Å²) < 4.78 is 20.6. The smallest absolute Gasteiger partial charge is 0.364 e. The molecule has 1 aromatic rings. The third kappa shape index (κ3) is 7.36. The normalized spacial score (nSPS) is 12.5. The molecular formula is C22H31NO8. The van der Waals surface area contributed by atoms with Crippen LogP contribution in [0, 0.1) is 0 Å². The molecule has 9 heteroatoms. The van der Waals surface area contributed by atoms with E-state index in [-0.39, 0.29) is 31.6 Å². The molecule has 1 aromatic carbocycles. The number of rotatable bonds is 10.